The molecule has 0 saturated carbocycles. The molecule has 2 aromatic rings. The fraction of sp³-hybridized carbons (Fsp3) is 0.381. The molecule has 1 aromatic heterocycles. The maximum Gasteiger partial charge on any atom is 0.120 e. The fourth-order valence-electron chi connectivity index (χ4n) is 3.37. The Kier molecular flexibility index (Phi) is 5.72. The van der Waals surface area contributed by atoms with Crippen LogP contribution in [0.2, 0.25) is 0 Å². The number of likely N-dealkylation sites (tertiary alicyclic amines) is 1. The second-order valence-electron chi connectivity index (χ2n) is 7.15. The maximum atomic E-state index is 8.38. The second kappa shape index (κ2) is 8.19. The first-order valence-corrected chi connectivity index (χ1v) is 9.17. The number of allylic oxidation sites excluding steroid dienone is 1. The van der Waals surface area contributed by atoms with Gasteiger partial charge in [0.15, 0.2) is 0 Å². The molecule has 0 radical (unpaired) electrons. The number of hydrogen-bond acceptors (Lipinski definition) is 4. The van der Waals surface area contributed by atoms with Gasteiger partial charge in [0.2, 0.25) is 0 Å². The first-order chi connectivity index (χ1) is 13.0. The van der Waals surface area contributed by atoms with Crippen molar-refractivity contribution in [2.75, 3.05) is 27.2 Å². The first-order valence-electron chi connectivity index (χ1n) is 9.17. The molecule has 6 heteroatoms. The van der Waals surface area contributed by atoms with Crippen LogP contribution in [-0.2, 0) is 0 Å². The molecule has 0 spiro atoms. The minimum absolute atomic E-state index is 0.404. The van der Waals surface area contributed by atoms with Crippen molar-refractivity contribution in [1.29, 1.82) is 10.8 Å². The monoisotopic (exact) mass is 362 g/mol. The zero-order valence-corrected chi connectivity index (χ0v) is 16.2. The molecule has 3 rings (SSSR count). The van der Waals surface area contributed by atoms with E-state index in [9.17, 15) is 0 Å². The lowest BCUT2D eigenvalue weighted by Gasteiger charge is -2.36. The fourth-order valence-corrected chi connectivity index (χ4v) is 3.37. The van der Waals surface area contributed by atoms with Crippen LogP contribution in [0.25, 0.3) is 5.69 Å². The molecule has 1 aliphatic rings. The molecule has 1 aliphatic heterocycles. The smallest absolute Gasteiger partial charge is 0.120 e. The van der Waals surface area contributed by atoms with Crippen molar-refractivity contribution in [3.63, 3.8) is 0 Å². The van der Waals surface area contributed by atoms with Crippen LogP contribution in [0.4, 0.5) is 0 Å². The van der Waals surface area contributed by atoms with Crippen LogP contribution in [-0.4, -0.2) is 64.4 Å². The molecule has 0 bridgehead atoms. The molecule has 6 nitrogen and oxygen atoms in total. The summed E-state index contributed by atoms with van der Waals surface area (Å²) in [4.78, 5) is 4.32. The molecular weight excluding hydrogens is 336 g/mol. The van der Waals surface area contributed by atoms with Crippen molar-refractivity contribution in [2.45, 2.75) is 25.8 Å². The highest BCUT2D eigenvalue weighted by molar-refractivity contribution is 6.10. The number of likely N-dealkylation sites (N-methyl/N-ethyl adjacent to an activating group) is 1. The predicted octanol–water partition coefficient (Wildman–Crippen LogP) is 2.71. The summed E-state index contributed by atoms with van der Waals surface area (Å²) in [6.45, 7) is 3.76. The molecule has 27 heavy (non-hydrogen) atoms. The van der Waals surface area contributed by atoms with E-state index in [0.29, 0.717) is 17.6 Å². The quantitative estimate of drug-likeness (QED) is 0.634. The average Bonchev–Trinajstić information content (AvgIpc) is 3.20. The third kappa shape index (κ3) is 4.44. The van der Waals surface area contributed by atoms with E-state index in [-0.39, 0.29) is 0 Å². The number of amidine groups is 1. The van der Waals surface area contributed by atoms with Crippen LogP contribution < -0.4 is 0 Å². The SMILES string of the molecule is Cc1cc(-n2c#ccn2)ccc1C(=N)/C=C\C(=N)N1CCCC(N(C)C)C1. The lowest BCUT2D eigenvalue weighted by Crippen LogP contribution is -2.46. The van der Waals surface area contributed by atoms with Gasteiger partial charge in [-0.2, -0.15) is 9.78 Å². The molecule has 1 aromatic carbocycles. The van der Waals surface area contributed by atoms with E-state index in [1.807, 2.05) is 25.1 Å². The Bertz CT molecular complexity index is 834. The van der Waals surface area contributed by atoms with E-state index in [0.717, 1.165) is 36.3 Å². The molecule has 140 valence electrons. The van der Waals surface area contributed by atoms with Gasteiger partial charge in [-0.05, 0) is 69.8 Å². The third-order valence-corrected chi connectivity index (χ3v) is 5.03. The third-order valence-electron chi connectivity index (χ3n) is 5.03. The van der Waals surface area contributed by atoms with Gasteiger partial charge in [-0.25, -0.2) is 0 Å². The Morgan fingerprint density at radius 2 is 2.11 bits per heavy atom. The van der Waals surface area contributed by atoms with E-state index in [1.165, 1.54) is 6.42 Å². The van der Waals surface area contributed by atoms with Crippen LogP contribution in [0.3, 0.4) is 0 Å². The summed E-state index contributed by atoms with van der Waals surface area (Å²) in [5, 5.41) is 20.9. The van der Waals surface area contributed by atoms with Crippen molar-refractivity contribution < 1.29 is 0 Å². The van der Waals surface area contributed by atoms with Crippen LogP contribution in [0, 0.1) is 30.0 Å². The average molecular weight is 362 g/mol. The van der Waals surface area contributed by atoms with Gasteiger partial charge in [-0.1, -0.05) is 6.07 Å². The number of nitrogens with zero attached hydrogens (tertiary/aromatic N) is 4. The number of hydrogen-bond donors (Lipinski definition) is 2. The van der Waals surface area contributed by atoms with Crippen molar-refractivity contribution in [1.82, 2.24) is 19.6 Å². The summed E-state index contributed by atoms with van der Waals surface area (Å²) >= 11 is 0. The Labute approximate surface area is 161 Å². The highest BCUT2D eigenvalue weighted by atomic mass is 15.3. The molecule has 1 fully saturated rings. The van der Waals surface area contributed by atoms with Crippen LogP contribution >= 0.6 is 0 Å². The first kappa shape index (κ1) is 18.9. The maximum absolute atomic E-state index is 8.38. The number of piperidine rings is 1. The molecule has 1 atom stereocenters. The van der Waals surface area contributed by atoms with Gasteiger partial charge in [0.05, 0.1) is 11.4 Å². The van der Waals surface area contributed by atoms with Crippen molar-refractivity contribution in [3.05, 3.63) is 59.9 Å². The summed E-state index contributed by atoms with van der Waals surface area (Å²) < 4.78 is 1.63. The summed E-state index contributed by atoms with van der Waals surface area (Å²) in [5.74, 6) is 0.474. The summed E-state index contributed by atoms with van der Waals surface area (Å²) in [6, 6.07) is 9.10. The Balaban J connectivity index is 1.67. The number of rotatable bonds is 5. The van der Waals surface area contributed by atoms with Crippen LogP contribution in [0.15, 0.2) is 36.5 Å². The number of aromatic nitrogens is 2. The predicted molar refractivity (Wildman–Crippen MR) is 108 cm³/mol. The standard InChI is InChI=1S/C21H26N6/c1-16-14-17(27-13-5-11-24-27)7-8-19(16)20(22)9-10-21(23)26-12-4-6-18(15-26)25(2)3/h7-11,14,18,22-23H,4,6,12,15H2,1-3H3/b10-9-,22-20?,23-21?. The molecule has 2 N–H and O–H groups in total. The highest BCUT2D eigenvalue weighted by Gasteiger charge is 2.22. The Hall–Kier alpha value is -2.91. The highest BCUT2D eigenvalue weighted by Crippen LogP contribution is 2.16. The summed E-state index contributed by atoms with van der Waals surface area (Å²) in [6.07, 6.45) is 10.2. The van der Waals surface area contributed by atoms with Gasteiger partial charge >= 0.3 is 0 Å². The lowest BCUT2D eigenvalue weighted by molar-refractivity contribution is 0.184. The van der Waals surface area contributed by atoms with Gasteiger partial charge < -0.3 is 15.2 Å². The Morgan fingerprint density at radius 3 is 2.78 bits per heavy atom. The minimum atomic E-state index is 0.404. The van der Waals surface area contributed by atoms with Gasteiger partial charge in [0.25, 0.3) is 0 Å². The van der Waals surface area contributed by atoms with E-state index >= 15 is 0 Å². The van der Waals surface area contributed by atoms with Gasteiger partial charge in [0.1, 0.15) is 12.0 Å². The lowest BCUT2D eigenvalue weighted by atomic mass is 10.0. The normalized spacial score (nSPS) is 17.3. The Morgan fingerprint density at radius 1 is 1.30 bits per heavy atom. The van der Waals surface area contributed by atoms with E-state index in [4.69, 9.17) is 10.8 Å². The molecule has 1 saturated heterocycles. The molecule has 0 aliphatic carbocycles. The van der Waals surface area contributed by atoms with Crippen molar-refractivity contribution >= 4 is 11.5 Å². The van der Waals surface area contributed by atoms with Crippen molar-refractivity contribution in [2.24, 2.45) is 0 Å². The molecule has 0 amide bonds. The number of nitrogens with one attached hydrogen (secondary N) is 2. The molecule has 2 heterocycles. The zero-order valence-electron chi connectivity index (χ0n) is 16.2. The minimum Gasteiger partial charge on any atom is -0.356 e. The van der Waals surface area contributed by atoms with Crippen LogP contribution in [0.5, 0.6) is 0 Å². The largest absolute Gasteiger partial charge is 0.356 e. The van der Waals surface area contributed by atoms with E-state index < -0.39 is 0 Å². The topological polar surface area (TPSA) is 72.0 Å². The van der Waals surface area contributed by atoms with Gasteiger partial charge in [0, 0.05) is 30.9 Å². The zero-order chi connectivity index (χ0) is 19.4. The van der Waals surface area contributed by atoms with Gasteiger partial charge in [-0.3, -0.25) is 5.41 Å². The second-order valence-corrected chi connectivity index (χ2v) is 7.15. The molecular formula is C21H26N6. The van der Waals surface area contributed by atoms with E-state index in [2.05, 4.69) is 41.3 Å². The van der Waals surface area contributed by atoms with Gasteiger partial charge in [-0.15, -0.1) is 0 Å². The van der Waals surface area contributed by atoms with Crippen molar-refractivity contribution in [3.8, 4) is 5.69 Å². The summed E-state index contributed by atoms with van der Waals surface area (Å²) in [5.41, 5.74) is 3.14. The number of benzene rings is 1. The van der Waals surface area contributed by atoms with E-state index in [1.54, 1.807) is 23.0 Å². The summed E-state index contributed by atoms with van der Waals surface area (Å²) in [7, 11) is 4.18. The number of aryl methyl sites for hydroxylation is 1. The molecule has 1 unspecified atom stereocenters. The van der Waals surface area contributed by atoms with Crippen LogP contribution in [0.1, 0.15) is 24.0 Å².